The number of nitrogens with one attached hydrogen (secondary N) is 1. The third kappa shape index (κ3) is 3.29. The number of nitrogens with zero attached hydrogens (tertiary/aromatic N) is 2. The second-order valence-electron chi connectivity index (χ2n) is 5.36. The molecule has 0 aromatic heterocycles. The third-order valence-corrected chi connectivity index (χ3v) is 5.58. The SMILES string of the molecule is CNCCCN1c2ccccc2N(c2c(F)cccc2F)S1(=O)=O.Cl. The second kappa shape index (κ2) is 7.55. The molecule has 1 N–H and O–H groups in total. The van der Waals surface area contributed by atoms with Crippen LogP contribution in [0.15, 0.2) is 42.5 Å². The van der Waals surface area contributed by atoms with Crippen LogP contribution in [-0.2, 0) is 10.2 Å². The van der Waals surface area contributed by atoms with E-state index in [4.69, 9.17) is 0 Å². The molecule has 3 rings (SSSR count). The van der Waals surface area contributed by atoms with E-state index in [2.05, 4.69) is 5.32 Å². The molecular formula is C16H18ClF2N3O2S. The third-order valence-electron chi connectivity index (χ3n) is 3.81. The molecule has 2 aromatic rings. The number of fused-ring (bicyclic) bond motifs is 1. The van der Waals surface area contributed by atoms with Gasteiger partial charge in [-0.05, 0) is 44.3 Å². The van der Waals surface area contributed by atoms with E-state index in [1.807, 2.05) is 0 Å². The Morgan fingerprint density at radius 1 is 1.00 bits per heavy atom. The van der Waals surface area contributed by atoms with Gasteiger partial charge in [0.1, 0.15) is 5.69 Å². The molecule has 0 bridgehead atoms. The van der Waals surface area contributed by atoms with Crippen molar-refractivity contribution in [2.75, 3.05) is 28.7 Å². The highest BCUT2D eigenvalue weighted by molar-refractivity contribution is 7.95. The Balaban J connectivity index is 0.00000225. The number of benzene rings is 2. The Morgan fingerprint density at radius 3 is 2.20 bits per heavy atom. The van der Waals surface area contributed by atoms with Crippen LogP contribution in [0.3, 0.4) is 0 Å². The minimum atomic E-state index is -4.11. The van der Waals surface area contributed by atoms with Crippen LogP contribution in [-0.4, -0.2) is 28.6 Å². The molecule has 0 unspecified atom stereocenters. The molecule has 0 fully saturated rings. The molecule has 2 aromatic carbocycles. The van der Waals surface area contributed by atoms with E-state index >= 15 is 0 Å². The molecule has 1 aliphatic heterocycles. The van der Waals surface area contributed by atoms with Gasteiger partial charge in [0, 0.05) is 6.54 Å². The van der Waals surface area contributed by atoms with Crippen LogP contribution in [0.2, 0.25) is 0 Å². The van der Waals surface area contributed by atoms with E-state index in [1.165, 1.54) is 16.4 Å². The van der Waals surface area contributed by atoms with Crippen molar-refractivity contribution in [3.05, 3.63) is 54.1 Å². The van der Waals surface area contributed by atoms with E-state index < -0.39 is 27.5 Å². The zero-order valence-electron chi connectivity index (χ0n) is 13.4. The summed E-state index contributed by atoms with van der Waals surface area (Å²) < 4.78 is 56.2. The van der Waals surface area contributed by atoms with E-state index in [-0.39, 0.29) is 24.6 Å². The van der Waals surface area contributed by atoms with E-state index in [0.717, 1.165) is 16.4 Å². The Bertz CT molecular complexity index is 844. The van der Waals surface area contributed by atoms with Crippen molar-refractivity contribution < 1.29 is 17.2 Å². The fourth-order valence-electron chi connectivity index (χ4n) is 2.75. The minimum absolute atomic E-state index is 0. The highest BCUT2D eigenvalue weighted by atomic mass is 35.5. The van der Waals surface area contributed by atoms with Gasteiger partial charge in [-0.15, -0.1) is 12.4 Å². The summed E-state index contributed by atoms with van der Waals surface area (Å²) in [5.74, 6) is -1.85. The first kappa shape index (κ1) is 19.4. The van der Waals surface area contributed by atoms with Gasteiger partial charge in [0.15, 0.2) is 11.6 Å². The lowest BCUT2D eigenvalue weighted by molar-refractivity contribution is 0.574. The number of anilines is 3. The summed E-state index contributed by atoms with van der Waals surface area (Å²) in [6.07, 6.45) is 0.567. The number of rotatable bonds is 5. The smallest absolute Gasteiger partial charge is 0.320 e. The van der Waals surface area contributed by atoms with Crippen molar-refractivity contribution in [3.63, 3.8) is 0 Å². The first-order chi connectivity index (χ1) is 11.5. The van der Waals surface area contributed by atoms with Crippen LogP contribution >= 0.6 is 12.4 Å². The van der Waals surface area contributed by atoms with Gasteiger partial charge in [0.2, 0.25) is 0 Å². The van der Waals surface area contributed by atoms with Gasteiger partial charge in [-0.2, -0.15) is 8.42 Å². The van der Waals surface area contributed by atoms with Crippen LogP contribution in [0.5, 0.6) is 0 Å². The van der Waals surface area contributed by atoms with Crippen LogP contribution < -0.4 is 13.9 Å². The summed E-state index contributed by atoms with van der Waals surface area (Å²) in [7, 11) is -2.34. The summed E-state index contributed by atoms with van der Waals surface area (Å²) >= 11 is 0. The topological polar surface area (TPSA) is 52.6 Å². The maximum Gasteiger partial charge on any atom is 0.331 e. The van der Waals surface area contributed by atoms with Crippen molar-refractivity contribution in [1.29, 1.82) is 0 Å². The highest BCUT2D eigenvalue weighted by Crippen LogP contribution is 2.46. The highest BCUT2D eigenvalue weighted by Gasteiger charge is 2.43. The summed E-state index contributed by atoms with van der Waals surface area (Å²) in [5.41, 5.74) is 0.0725. The molecule has 1 aliphatic rings. The van der Waals surface area contributed by atoms with Gasteiger partial charge in [0.25, 0.3) is 0 Å². The van der Waals surface area contributed by atoms with Gasteiger partial charge in [0.05, 0.1) is 11.4 Å². The monoisotopic (exact) mass is 389 g/mol. The van der Waals surface area contributed by atoms with Crippen LogP contribution in [0.25, 0.3) is 0 Å². The maximum absolute atomic E-state index is 14.2. The molecule has 25 heavy (non-hydrogen) atoms. The van der Waals surface area contributed by atoms with Crippen LogP contribution in [0, 0.1) is 11.6 Å². The first-order valence-corrected chi connectivity index (χ1v) is 8.89. The van der Waals surface area contributed by atoms with E-state index in [1.54, 1.807) is 25.2 Å². The second-order valence-corrected chi connectivity index (χ2v) is 7.06. The zero-order chi connectivity index (χ0) is 17.3. The molecule has 0 spiro atoms. The van der Waals surface area contributed by atoms with E-state index in [0.29, 0.717) is 18.7 Å². The fraction of sp³-hybridized carbons (Fsp3) is 0.250. The molecule has 0 saturated heterocycles. The number of halogens is 3. The average Bonchev–Trinajstić information content (AvgIpc) is 2.76. The van der Waals surface area contributed by atoms with Gasteiger partial charge >= 0.3 is 10.2 Å². The quantitative estimate of drug-likeness (QED) is 0.799. The lowest BCUT2D eigenvalue weighted by Crippen LogP contribution is -2.37. The summed E-state index contributed by atoms with van der Waals surface area (Å²) in [6.45, 7) is 0.842. The first-order valence-electron chi connectivity index (χ1n) is 7.49. The lowest BCUT2D eigenvalue weighted by Gasteiger charge is -2.22. The summed E-state index contributed by atoms with van der Waals surface area (Å²) in [4.78, 5) is 0. The Kier molecular flexibility index (Phi) is 5.87. The molecule has 5 nitrogen and oxygen atoms in total. The predicted octanol–water partition coefficient (Wildman–Crippen LogP) is 3.20. The molecule has 1 heterocycles. The molecule has 0 atom stereocenters. The van der Waals surface area contributed by atoms with Crippen LogP contribution in [0.1, 0.15) is 6.42 Å². The molecule has 9 heteroatoms. The Hall–Kier alpha value is -1.90. The molecule has 0 amide bonds. The molecular weight excluding hydrogens is 372 g/mol. The lowest BCUT2D eigenvalue weighted by atomic mass is 10.2. The van der Waals surface area contributed by atoms with Crippen molar-refractivity contribution in [2.24, 2.45) is 0 Å². The normalized spacial score (nSPS) is 15.0. The Labute approximate surface area is 151 Å². The predicted molar refractivity (Wildman–Crippen MR) is 97.0 cm³/mol. The fourth-order valence-corrected chi connectivity index (χ4v) is 4.52. The van der Waals surface area contributed by atoms with Gasteiger partial charge < -0.3 is 5.32 Å². The standard InChI is InChI=1S/C16H17F2N3O2S.ClH/c1-19-10-5-11-20-14-8-2-3-9-15(14)21(24(20,22)23)16-12(17)6-4-7-13(16)18;/h2-4,6-9,19H,5,10-11H2,1H3;1H. The molecule has 0 aliphatic carbocycles. The minimum Gasteiger partial charge on any atom is -0.320 e. The molecule has 136 valence electrons. The molecule has 0 saturated carbocycles. The Morgan fingerprint density at radius 2 is 1.60 bits per heavy atom. The van der Waals surface area contributed by atoms with Gasteiger partial charge in [-0.3, -0.25) is 4.31 Å². The summed E-state index contributed by atoms with van der Waals surface area (Å²) in [6, 6.07) is 9.79. The van der Waals surface area contributed by atoms with Gasteiger partial charge in [-0.25, -0.2) is 13.1 Å². The number of para-hydroxylation sites is 3. The van der Waals surface area contributed by atoms with Crippen molar-refractivity contribution >= 4 is 39.7 Å². The maximum atomic E-state index is 14.2. The average molecular weight is 390 g/mol. The number of hydrogen-bond acceptors (Lipinski definition) is 3. The largest absolute Gasteiger partial charge is 0.331 e. The van der Waals surface area contributed by atoms with Crippen molar-refractivity contribution in [1.82, 2.24) is 5.32 Å². The van der Waals surface area contributed by atoms with Crippen molar-refractivity contribution in [2.45, 2.75) is 6.42 Å². The van der Waals surface area contributed by atoms with Crippen molar-refractivity contribution in [3.8, 4) is 0 Å². The number of hydrogen-bond donors (Lipinski definition) is 1. The van der Waals surface area contributed by atoms with E-state index in [9.17, 15) is 17.2 Å². The molecule has 0 radical (unpaired) electrons. The van der Waals surface area contributed by atoms with Crippen LogP contribution in [0.4, 0.5) is 25.8 Å². The summed E-state index contributed by atoms with van der Waals surface area (Å²) in [5, 5.41) is 2.95. The zero-order valence-corrected chi connectivity index (χ0v) is 15.1. The van der Waals surface area contributed by atoms with Gasteiger partial charge in [-0.1, -0.05) is 18.2 Å².